The highest BCUT2D eigenvalue weighted by Crippen LogP contribution is 2.23. The summed E-state index contributed by atoms with van der Waals surface area (Å²) < 4.78 is 5.29. The summed E-state index contributed by atoms with van der Waals surface area (Å²) in [6.45, 7) is 0.0842. The van der Waals surface area contributed by atoms with E-state index in [0.29, 0.717) is 17.7 Å². The van der Waals surface area contributed by atoms with Gasteiger partial charge in [-0.15, -0.1) is 0 Å². The number of carboxylic acids is 1. The molecule has 1 aliphatic carbocycles. The molecule has 0 aromatic heterocycles. The van der Waals surface area contributed by atoms with Crippen molar-refractivity contribution in [2.45, 2.75) is 44.2 Å². The van der Waals surface area contributed by atoms with Crippen molar-refractivity contribution in [1.29, 1.82) is 0 Å². The Hall–Kier alpha value is -1.10. The molecule has 0 saturated heterocycles. The number of ether oxygens (including phenoxy) is 1. The van der Waals surface area contributed by atoms with Crippen molar-refractivity contribution in [3.05, 3.63) is 34.9 Å². The zero-order chi connectivity index (χ0) is 15.1. The van der Waals surface area contributed by atoms with Gasteiger partial charge in [-0.3, -0.25) is 0 Å². The number of carbonyl (C=O) groups is 1. The Morgan fingerprint density at radius 3 is 2.57 bits per heavy atom. The van der Waals surface area contributed by atoms with Gasteiger partial charge in [-0.05, 0) is 30.5 Å². The molecule has 0 aliphatic heterocycles. The second-order valence-electron chi connectivity index (χ2n) is 5.51. The first-order valence-corrected chi connectivity index (χ1v) is 7.84. The second-order valence-corrected chi connectivity index (χ2v) is 5.95. The predicted molar refractivity (Wildman–Crippen MR) is 82.7 cm³/mol. The summed E-state index contributed by atoms with van der Waals surface area (Å²) in [4.78, 5) is 10.6. The van der Waals surface area contributed by atoms with E-state index in [0.717, 1.165) is 5.56 Å². The van der Waals surface area contributed by atoms with E-state index in [4.69, 9.17) is 21.4 Å². The van der Waals surface area contributed by atoms with Crippen LogP contribution in [0.3, 0.4) is 0 Å². The number of hydrogen-bond acceptors (Lipinski definition) is 3. The number of halogens is 1. The summed E-state index contributed by atoms with van der Waals surface area (Å²) in [5.41, 5.74) is 1.08. The van der Waals surface area contributed by atoms with E-state index in [1.165, 1.54) is 32.1 Å². The Labute approximate surface area is 130 Å². The fraction of sp³-hybridized carbons (Fsp3) is 0.562. The number of aliphatic carboxylic acids is 1. The lowest BCUT2D eigenvalue weighted by Gasteiger charge is -2.28. The number of rotatable bonds is 7. The third-order valence-corrected chi connectivity index (χ3v) is 4.08. The van der Waals surface area contributed by atoms with Crippen LogP contribution in [0.1, 0.15) is 43.7 Å². The normalized spacial score (nSPS) is 17.6. The molecule has 1 atom stereocenters. The number of benzene rings is 1. The average molecular weight is 312 g/mol. The van der Waals surface area contributed by atoms with Crippen LogP contribution in [0.4, 0.5) is 0 Å². The molecule has 116 valence electrons. The Balaban J connectivity index is 1.98. The molecule has 0 spiro atoms. The fourth-order valence-electron chi connectivity index (χ4n) is 2.75. The lowest BCUT2D eigenvalue weighted by Crippen LogP contribution is -2.36. The molecule has 1 aromatic rings. The van der Waals surface area contributed by atoms with Crippen LogP contribution in [0.2, 0.25) is 5.02 Å². The molecule has 5 heteroatoms. The van der Waals surface area contributed by atoms with Crippen molar-refractivity contribution in [1.82, 2.24) is 5.32 Å². The maximum atomic E-state index is 10.6. The topological polar surface area (TPSA) is 58.6 Å². The van der Waals surface area contributed by atoms with Crippen LogP contribution in [0.25, 0.3) is 0 Å². The van der Waals surface area contributed by atoms with Gasteiger partial charge in [-0.25, -0.2) is 4.79 Å². The fourth-order valence-corrected chi connectivity index (χ4v) is 2.88. The van der Waals surface area contributed by atoms with Crippen LogP contribution >= 0.6 is 11.6 Å². The molecule has 0 amide bonds. The monoisotopic (exact) mass is 311 g/mol. The molecular weight excluding hydrogens is 290 g/mol. The Morgan fingerprint density at radius 2 is 1.95 bits per heavy atom. The Kier molecular flexibility index (Phi) is 6.49. The van der Waals surface area contributed by atoms with Crippen LogP contribution in [-0.2, 0) is 9.53 Å². The van der Waals surface area contributed by atoms with E-state index in [-0.39, 0.29) is 12.6 Å². The highest BCUT2D eigenvalue weighted by molar-refractivity contribution is 6.30. The molecular formula is C16H22ClNO3. The highest BCUT2D eigenvalue weighted by Gasteiger charge is 2.19. The maximum Gasteiger partial charge on any atom is 0.329 e. The van der Waals surface area contributed by atoms with E-state index in [1.54, 1.807) is 0 Å². The SMILES string of the molecule is O=C(O)COCC(NC1CCCCC1)c1ccc(Cl)cc1. The number of nitrogens with one attached hydrogen (secondary N) is 1. The Morgan fingerprint density at radius 1 is 1.29 bits per heavy atom. The summed E-state index contributed by atoms with van der Waals surface area (Å²) in [7, 11) is 0. The van der Waals surface area contributed by atoms with E-state index >= 15 is 0 Å². The summed E-state index contributed by atoms with van der Waals surface area (Å²) in [6, 6.07) is 8.12. The van der Waals surface area contributed by atoms with Gasteiger partial charge in [0.1, 0.15) is 6.61 Å². The van der Waals surface area contributed by atoms with E-state index in [9.17, 15) is 4.79 Å². The van der Waals surface area contributed by atoms with Gasteiger partial charge < -0.3 is 15.2 Å². The molecule has 1 aliphatic rings. The van der Waals surface area contributed by atoms with Gasteiger partial charge in [0.15, 0.2) is 0 Å². The lowest BCUT2D eigenvalue weighted by atomic mass is 9.94. The van der Waals surface area contributed by atoms with Crippen molar-refractivity contribution >= 4 is 17.6 Å². The quantitative estimate of drug-likeness (QED) is 0.810. The van der Waals surface area contributed by atoms with Crippen molar-refractivity contribution in [2.75, 3.05) is 13.2 Å². The number of carboxylic acid groups (broad SMARTS) is 1. The first-order valence-electron chi connectivity index (χ1n) is 7.46. The van der Waals surface area contributed by atoms with E-state index in [2.05, 4.69) is 5.32 Å². The summed E-state index contributed by atoms with van der Waals surface area (Å²) in [5.74, 6) is -0.942. The average Bonchev–Trinajstić information content (AvgIpc) is 2.48. The van der Waals surface area contributed by atoms with Crippen molar-refractivity contribution in [3.8, 4) is 0 Å². The van der Waals surface area contributed by atoms with Crippen molar-refractivity contribution in [2.24, 2.45) is 0 Å². The van der Waals surface area contributed by atoms with Crippen LogP contribution in [0.15, 0.2) is 24.3 Å². The van der Waals surface area contributed by atoms with Gasteiger partial charge in [-0.1, -0.05) is 43.0 Å². The minimum atomic E-state index is -0.942. The zero-order valence-electron chi connectivity index (χ0n) is 12.1. The van der Waals surface area contributed by atoms with Gasteiger partial charge in [0.05, 0.1) is 12.6 Å². The van der Waals surface area contributed by atoms with Crippen LogP contribution in [-0.4, -0.2) is 30.3 Å². The number of hydrogen-bond donors (Lipinski definition) is 2. The molecule has 1 unspecified atom stereocenters. The van der Waals surface area contributed by atoms with E-state index in [1.807, 2.05) is 24.3 Å². The van der Waals surface area contributed by atoms with Crippen molar-refractivity contribution in [3.63, 3.8) is 0 Å². The first-order chi connectivity index (χ1) is 10.1. The van der Waals surface area contributed by atoms with Crippen LogP contribution in [0, 0.1) is 0 Å². The molecule has 0 radical (unpaired) electrons. The summed E-state index contributed by atoms with van der Waals surface area (Å²) >= 11 is 5.92. The third kappa shape index (κ3) is 5.65. The molecule has 1 fully saturated rings. The summed E-state index contributed by atoms with van der Waals surface area (Å²) in [6.07, 6.45) is 6.15. The molecule has 0 bridgehead atoms. The predicted octanol–water partition coefficient (Wildman–Crippen LogP) is 3.40. The molecule has 0 heterocycles. The van der Waals surface area contributed by atoms with Gasteiger partial charge in [-0.2, -0.15) is 0 Å². The third-order valence-electron chi connectivity index (χ3n) is 3.82. The van der Waals surface area contributed by atoms with Crippen molar-refractivity contribution < 1.29 is 14.6 Å². The van der Waals surface area contributed by atoms with Crippen LogP contribution < -0.4 is 5.32 Å². The molecule has 2 rings (SSSR count). The Bertz CT molecular complexity index is 443. The first kappa shape index (κ1) is 16.3. The molecule has 1 aromatic carbocycles. The van der Waals surface area contributed by atoms with Gasteiger partial charge in [0.25, 0.3) is 0 Å². The summed E-state index contributed by atoms with van der Waals surface area (Å²) in [5, 5.41) is 13.0. The second kappa shape index (κ2) is 8.37. The van der Waals surface area contributed by atoms with Gasteiger partial charge in [0, 0.05) is 11.1 Å². The maximum absolute atomic E-state index is 10.6. The lowest BCUT2D eigenvalue weighted by molar-refractivity contribution is -0.142. The highest BCUT2D eigenvalue weighted by atomic mass is 35.5. The van der Waals surface area contributed by atoms with E-state index < -0.39 is 5.97 Å². The molecule has 1 saturated carbocycles. The minimum Gasteiger partial charge on any atom is -0.480 e. The largest absolute Gasteiger partial charge is 0.480 e. The standard InChI is InChI=1S/C16H22ClNO3/c17-13-8-6-12(7-9-13)15(10-21-11-16(19)20)18-14-4-2-1-3-5-14/h6-9,14-15,18H,1-5,10-11H2,(H,19,20). The molecule has 4 nitrogen and oxygen atoms in total. The minimum absolute atomic E-state index is 0.00437. The molecule has 2 N–H and O–H groups in total. The van der Waals surface area contributed by atoms with Gasteiger partial charge >= 0.3 is 5.97 Å². The molecule has 21 heavy (non-hydrogen) atoms. The van der Waals surface area contributed by atoms with Gasteiger partial charge in [0.2, 0.25) is 0 Å². The smallest absolute Gasteiger partial charge is 0.329 e. The van der Waals surface area contributed by atoms with Crippen LogP contribution in [0.5, 0.6) is 0 Å². The zero-order valence-corrected chi connectivity index (χ0v) is 12.8.